The van der Waals surface area contributed by atoms with Gasteiger partial charge < -0.3 is 9.80 Å². The van der Waals surface area contributed by atoms with Crippen molar-refractivity contribution in [2.75, 3.05) is 31.1 Å². The summed E-state index contributed by atoms with van der Waals surface area (Å²) in [4.78, 5) is 39.6. The summed E-state index contributed by atoms with van der Waals surface area (Å²) in [5.74, 6) is 0.445. The quantitative estimate of drug-likeness (QED) is 0.474. The molecule has 0 bridgehead atoms. The number of hydrogen-bond acceptors (Lipinski definition) is 5. The van der Waals surface area contributed by atoms with E-state index in [4.69, 9.17) is 0 Å². The van der Waals surface area contributed by atoms with Crippen LogP contribution in [0.5, 0.6) is 0 Å². The number of aryl methyl sites for hydroxylation is 2. The van der Waals surface area contributed by atoms with Crippen LogP contribution in [0.25, 0.3) is 11.2 Å². The van der Waals surface area contributed by atoms with Crippen LogP contribution >= 0.6 is 0 Å². The lowest BCUT2D eigenvalue weighted by atomic mass is 10.1. The number of pyridine rings is 1. The molecule has 1 aliphatic heterocycles. The minimum atomic E-state index is -0.162. The fourth-order valence-corrected chi connectivity index (χ4v) is 4.40. The van der Waals surface area contributed by atoms with E-state index < -0.39 is 0 Å². The Morgan fingerprint density at radius 1 is 0.912 bits per heavy atom. The third-order valence-electron chi connectivity index (χ3n) is 6.39. The Morgan fingerprint density at radius 3 is 2.38 bits per heavy atom. The van der Waals surface area contributed by atoms with Gasteiger partial charge in [-0.1, -0.05) is 48.0 Å². The molecule has 1 aliphatic rings. The van der Waals surface area contributed by atoms with E-state index in [2.05, 4.69) is 9.97 Å². The molecule has 34 heavy (non-hydrogen) atoms. The van der Waals surface area contributed by atoms with Crippen molar-refractivity contribution in [1.29, 1.82) is 0 Å². The van der Waals surface area contributed by atoms with Crippen LogP contribution in [0.1, 0.15) is 27.0 Å². The van der Waals surface area contributed by atoms with E-state index in [-0.39, 0.29) is 11.5 Å². The zero-order chi connectivity index (χ0) is 23.7. The lowest BCUT2D eigenvalue weighted by molar-refractivity contribution is 0.0745. The zero-order valence-corrected chi connectivity index (χ0v) is 19.4. The average Bonchev–Trinajstić information content (AvgIpc) is 2.87. The summed E-state index contributed by atoms with van der Waals surface area (Å²) in [6.07, 6.45) is 1.69. The molecule has 1 fully saturated rings. The van der Waals surface area contributed by atoms with Crippen LogP contribution in [0.4, 0.5) is 5.82 Å². The van der Waals surface area contributed by atoms with Crippen molar-refractivity contribution in [3.63, 3.8) is 0 Å². The molecule has 1 amide bonds. The molecule has 1 saturated heterocycles. The molecule has 3 heterocycles. The van der Waals surface area contributed by atoms with Crippen LogP contribution < -0.4 is 10.5 Å². The summed E-state index contributed by atoms with van der Waals surface area (Å²) in [6.45, 7) is 6.60. The highest BCUT2D eigenvalue weighted by Crippen LogP contribution is 2.18. The Hall–Kier alpha value is -4.00. The van der Waals surface area contributed by atoms with Gasteiger partial charge in [-0.25, -0.2) is 9.97 Å². The van der Waals surface area contributed by atoms with Crippen molar-refractivity contribution in [1.82, 2.24) is 19.4 Å². The number of nitrogens with zero attached hydrogens (tertiary/aromatic N) is 5. The summed E-state index contributed by atoms with van der Waals surface area (Å²) < 4.78 is 1.70. The van der Waals surface area contributed by atoms with Crippen molar-refractivity contribution in [2.45, 2.75) is 20.4 Å². The number of rotatable bonds is 4. The summed E-state index contributed by atoms with van der Waals surface area (Å²) in [5.41, 5.74) is 5.00. The largest absolute Gasteiger partial charge is 0.348 e. The van der Waals surface area contributed by atoms with Crippen molar-refractivity contribution < 1.29 is 4.79 Å². The first-order valence-corrected chi connectivity index (χ1v) is 11.5. The fourth-order valence-electron chi connectivity index (χ4n) is 4.40. The maximum Gasteiger partial charge on any atom is 0.295 e. The molecule has 2 aromatic carbocycles. The minimum absolute atomic E-state index is 0.0326. The molecule has 0 spiro atoms. The number of amides is 1. The van der Waals surface area contributed by atoms with Gasteiger partial charge in [-0.3, -0.25) is 14.2 Å². The Balaban J connectivity index is 1.43. The molecule has 172 valence electrons. The molecule has 0 aliphatic carbocycles. The molecule has 0 unspecified atom stereocenters. The first-order chi connectivity index (χ1) is 16.5. The molecular formula is C27H27N5O2. The zero-order valence-electron chi connectivity index (χ0n) is 19.4. The minimum Gasteiger partial charge on any atom is -0.348 e. The van der Waals surface area contributed by atoms with E-state index in [0.717, 1.165) is 16.7 Å². The number of hydrogen-bond donors (Lipinski definition) is 0. The van der Waals surface area contributed by atoms with E-state index in [9.17, 15) is 9.59 Å². The summed E-state index contributed by atoms with van der Waals surface area (Å²) in [5, 5.41) is 0. The van der Waals surface area contributed by atoms with Gasteiger partial charge in [-0.2, -0.15) is 0 Å². The van der Waals surface area contributed by atoms with Gasteiger partial charge in [0.1, 0.15) is 5.52 Å². The highest BCUT2D eigenvalue weighted by atomic mass is 16.2. The van der Waals surface area contributed by atoms with Crippen LogP contribution in [0.15, 0.2) is 71.7 Å². The normalized spacial score (nSPS) is 13.9. The Bertz CT molecular complexity index is 1400. The van der Waals surface area contributed by atoms with Gasteiger partial charge in [0.05, 0.1) is 6.54 Å². The van der Waals surface area contributed by atoms with Crippen LogP contribution in [-0.4, -0.2) is 51.5 Å². The summed E-state index contributed by atoms with van der Waals surface area (Å²) in [6, 6.07) is 19.5. The van der Waals surface area contributed by atoms with Crippen molar-refractivity contribution in [2.24, 2.45) is 0 Å². The van der Waals surface area contributed by atoms with Crippen LogP contribution in [0.3, 0.4) is 0 Å². The second-order valence-corrected chi connectivity index (χ2v) is 8.75. The predicted molar refractivity (Wildman–Crippen MR) is 133 cm³/mol. The van der Waals surface area contributed by atoms with Gasteiger partial charge in [-0.05, 0) is 43.2 Å². The molecule has 0 N–H and O–H groups in total. The topological polar surface area (TPSA) is 71.3 Å². The van der Waals surface area contributed by atoms with Crippen molar-refractivity contribution >= 4 is 22.9 Å². The summed E-state index contributed by atoms with van der Waals surface area (Å²) in [7, 11) is 0. The number of fused-ring (bicyclic) bond motifs is 1. The molecular weight excluding hydrogens is 426 g/mol. The second-order valence-electron chi connectivity index (χ2n) is 8.75. The predicted octanol–water partition coefficient (Wildman–Crippen LogP) is 3.42. The Labute approximate surface area is 198 Å². The molecule has 0 saturated carbocycles. The molecule has 4 aromatic rings. The lowest BCUT2D eigenvalue weighted by Crippen LogP contribution is -2.50. The molecule has 7 nitrogen and oxygen atoms in total. The van der Waals surface area contributed by atoms with E-state index in [1.54, 1.807) is 10.8 Å². The highest BCUT2D eigenvalue weighted by molar-refractivity contribution is 5.95. The van der Waals surface area contributed by atoms with E-state index in [0.29, 0.717) is 49.7 Å². The summed E-state index contributed by atoms with van der Waals surface area (Å²) >= 11 is 0. The standard InChI is InChI=1S/C27H27N5O2/c1-19-9-11-21(12-10-19)18-32-24-23(8-5-13-28-24)29-25(27(32)34)30-14-16-31(17-15-30)26(33)22-7-4-3-6-20(22)2/h3-13H,14-18H2,1-2H3. The third kappa shape index (κ3) is 4.17. The van der Waals surface area contributed by atoms with Crippen molar-refractivity contribution in [3.8, 4) is 0 Å². The van der Waals surface area contributed by atoms with Crippen molar-refractivity contribution in [3.05, 3.63) is 99.5 Å². The maximum atomic E-state index is 13.6. The van der Waals surface area contributed by atoms with Gasteiger partial charge in [0.2, 0.25) is 0 Å². The molecule has 5 rings (SSSR count). The number of benzene rings is 2. The van der Waals surface area contributed by atoms with Gasteiger partial charge in [-0.15, -0.1) is 0 Å². The fraction of sp³-hybridized carbons (Fsp3) is 0.259. The SMILES string of the molecule is Cc1ccc(Cn2c(=O)c(N3CCN(C(=O)c4ccccc4C)CC3)nc3cccnc32)cc1. The Kier molecular flexibility index (Phi) is 5.84. The smallest absolute Gasteiger partial charge is 0.295 e. The van der Waals surface area contributed by atoms with Crippen LogP contribution in [-0.2, 0) is 6.54 Å². The van der Waals surface area contributed by atoms with Gasteiger partial charge in [0.15, 0.2) is 11.5 Å². The third-order valence-corrected chi connectivity index (χ3v) is 6.39. The van der Waals surface area contributed by atoms with Crippen LogP contribution in [0, 0.1) is 13.8 Å². The first kappa shape index (κ1) is 21.8. The number of piperazine rings is 1. The van der Waals surface area contributed by atoms with Gasteiger partial charge >= 0.3 is 0 Å². The lowest BCUT2D eigenvalue weighted by Gasteiger charge is -2.35. The van der Waals surface area contributed by atoms with E-state index >= 15 is 0 Å². The average molecular weight is 454 g/mol. The first-order valence-electron chi connectivity index (χ1n) is 11.5. The molecule has 2 aromatic heterocycles. The van der Waals surface area contributed by atoms with Gasteiger partial charge in [0, 0.05) is 37.9 Å². The number of aromatic nitrogens is 3. The maximum absolute atomic E-state index is 13.6. The monoisotopic (exact) mass is 453 g/mol. The van der Waals surface area contributed by atoms with Crippen LogP contribution in [0.2, 0.25) is 0 Å². The number of anilines is 1. The highest BCUT2D eigenvalue weighted by Gasteiger charge is 2.26. The number of carbonyl (C=O) groups excluding carboxylic acids is 1. The van der Waals surface area contributed by atoms with E-state index in [1.807, 2.05) is 84.3 Å². The molecule has 0 radical (unpaired) electrons. The van der Waals surface area contributed by atoms with E-state index in [1.165, 1.54) is 5.56 Å². The Morgan fingerprint density at radius 2 is 1.65 bits per heavy atom. The molecule has 7 heteroatoms. The molecule has 0 atom stereocenters. The van der Waals surface area contributed by atoms with Gasteiger partial charge in [0.25, 0.3) is 11.5 Å². The number of carbonyl (C=O) groups is 1. The second kappa shape index (κ2) is 9.09.